The minimum atomic E-state index is -3.31. The highest BCUT2D eigenvalue weighted by Gasteiger charge is 2.33. The Balaban J connectivity index is 1.46. The minimum absolute atomic E-state index is 0.0925. The Kier molecular flexibility index (Phi) is 5.52. The summed E-state index contributed by atoms with van der Waals surface area (Å²) in [5, 5.41) is 0. The summed E-state index contributed by atoms with van der Waals surface area (Å²) < 4.78 is 30.5. The van der Waals surface area contributed by atoms with Crippen molar-refractivity contribution in [2.45, 2.75) is 19.3 Å². The number of ether oxygens (including phenoxy) is 1. The van der Waals surface area contributed by atoms with E-state index in [9.17, 15) is 18.0 Å². The molecule has 29 heavy (non-hydrogen) atoms. The fourth-order valence-electron chi connectivity index (χ4n) is 4.44. The number of likely N-dealkylation sites (tertiary alicyclic amines) is 1. The highest BCUT2D eigenvalue weighted by Crippen LogP contribution is 2.31. The molecule has 4 rings (SSSR count). The normalized spacial score (nSPS) is 22.5. The van der Waals surface area contributed by atoms with E-state index in [0.29, 0.717) is 63.6 Å². The number of piperidine rings is 1. The van der Waals surface area contributed by atoms with E-state index >= 15 is 0 Å². The Morgan fingerprint density at radius 3 is 2.55 bits per heavy atom. The van der Waals surface area contributed by atoms with Gasteiger partial charge in [0.05, 0.1) is 31.1 Å². The van der Waals surface area contributed by atoms with Crippen LogP contribution in [0.2, 0.25) is 0 Å². The van der Waals surface area contributed by atoms with Crippen LogP contribution < -0.4 is 4.31 Å². The van der Waals surface area contributed by atoms with E-state index in [-0.39, 0.29) is 17.7 Å². The quantitative estimate of drug-likeness (QED) is 0.718. The average molecular weight is 422 g/mol. The third-order valence-electron chi connectivity index (χ3n) is 5.96. The summed E-state index contributed by atoms with van der Waals surface area (Å²) in [6.45, 7) is 3.85. The van der Waals surface area contributed by atoms with Gasteiger partial charge in [-0.3, -0.25) is 13.9 Å². The summed E-state index contributed by atoms with van der Waals surface area (Å²) in [6.07, 6.45) is 3.40. The van der Waals surface area contributed by atoms with Crippen LogP contribution in [0.5, 0.6) is 0 Å². The van der Waals surface area contributed by atoms with Crippen LogP contribution >= 0.6 is 0 Å². The molecule has 8 nitrogen and oxygen atoms in total. The third-order valence-corrected chi connectivity index (χ3v) is 7.14. The lowest BCUT2D eigenvalue weighted by atomic mass is 9.95. The number of fused-ring (bicyclic) bond motifs is 1. The smallest absolute Gasteiger partial charge is 0.253 e. The molecule has 0 aliphatic carbocycles. The van der Waals surface area contributed by atoms with Crippen LogP contribution in [0.15, 0.2) is 18.2 Å². The van der Waals surface area contributed by atoms with E-state index in [4.69, 9.17) is 4.74 Å². The van der Waals surface area contributed by atoms with Crippen LogP contribution in [-0.4, -0.2) is 82.2 Å². The Hall–Kier alpha value is -2.13. The summed E-state index contributed by atoms with van der Waals surface area (Å²) in [6, 6.07) is 5.21. The molecular weight excluding hydrogens is 394 g/mol. The van der Waals surface area contributed by atoms with Crippen molar-refractivity contribution in [2.24, 2.45) is 5.92 Å². The predicted octanol–water partition coefficient (Wildman–Crippen LogP) is 0.720. The van der Waals surface area contributed by atoms with Crippen molar-refractivity contribution in [3.8, 4) is 0 Å². The molecule has 3 aliphatic rings. The number of anilines is 1. The van der Waals surface area contributed by atoms with Gasteiger partial charge in [-0.2, -0.15) is 0 Å². The Morgan fingerprint density at radius 1 is 1.07 bits per heavy atom. The van der Waals surface area contributed by atoms with Crippen molar-refractivity contribution in [1.82, 2.24) is 9.80 Å². The number of carbonyl (C=O) groups excluding carboxylic acids is 2. The molecule has 1 unspecified atom stereocenters. The van der Waals surface area contributed by atoms with Crippen LogP contribution in [0.1, 0.15) is 28.8 Å². The Labute approximate surface area is 171 Å². The van der Waals surface area contributed by atoms with E-state index in [1.165, 1.54) is 10.6 Å². The first-order valence-electron chi connectivity index (χ1n) is 10.1. The lowest BCUT2D eigenvalue weighted by Crippen LogP contribution is -2.49. The number of rotatable bonds is 3. The van der Waals surface area contributed by atoms with Crippen molar-refractivity contribution in [3.05, 3.63) is 29.3 Å². The zero-order valence-corrected chi connectivity index (χ0v) is 17.5. The fraction of sp³-hybridized carbons (Fsp3) is 0.600. The molecule has 0 N–H and O–H groups in total. The molecule has 3 aliphatic heterocycles. The van der Waals surface area contributed by atoms with Crippen LogP contribution in [0, 0.1) is 5.92 Å². The molecule has 0 bridgehead atoms. The van der Waals surface area contributed by atoms with Crippen LogP contribution in [0.4, 0.5) is 5.69 Å². The van der Waals surface area contributed by atoms with E-state index in [0.717, 1.165) is 18.4 Å². The molecular formula is C20H27N3O5S. The number of hydrogen-bond acceptors (Lipinski definition) is 5. The zero-order valence-electron chi connectivity index (χ0n) is 16.7. The minimum Gasteiger partial charge on any atom is -0.378 e. The molecule has 0 aromatic heterocycles. The summed E-state index contributed by atoms with van der Waals surface area (Å²) in [7, 11) is -3.31. The number of sulfonamides is 1. The summed E-state index contributed by atoms with van der Waals surface area (Å²) >= 11 is 0. The molecule has 1 aromatic carbocycles. The molecule has 158 valence electrons. The second-order valence-corrected chi connectivity index (χ2v) is 9.86. The van der Waals surface area contributed by atoms with Crippen LogP contribution in [-0.2, 0) is 26.0 Å². The van der Waals surface area contributed by atoms with Crippen molar-refractivity contribution in [1.29, 1.82) is 0 Å². The van der Waals surface area contributed by atoms with Gasteiger partial charge in [-0.1, -0.05) is 0 Å². The van der Waals surface area contributed by atoms with Crippen molar-refractivity contribution in [3.63, 3.8) is 0 Å². The molecule has 0 saturated carbocycles. The lowest BCUT2D eigenvalue weighted by molar-refractivity contribution is -0.141. The monoisotopic (exact) mass is 421 g/mol. The summed E-state index contributed by atoms with van der Waals surface area (Å²) in [5.41, 5.74) is 2.08. The first-order chi connectivity index (χ1) is 13.8. The van der Waals surface area contributed by atoms with Crippen molar-refractivity contribution < 1.29 is 22.7 Å². The molecule has 2 fully saturated rings. The van der Waals surface area contributed by atoms with E-state index in [2.05, 4.69) is 0 Å². The van der Waals surface area contributed by atoms with Gasteiger partial charge in [-0.15, -0.1) is 0 Å². The summed E-state index contributed by atoms with van der Waals surface area (Å²) in [5.74, 6) is -0.144. The molecule has 0 radical (unpaired) electrons. The van der Waals surface area contributed by atoms with Gasteiger partial charge < -0.3 is 14.5 Å². The highest BCUT2D eigenvalue weighted by atomic mass is 32.2. The number of benzene rings is 1. The van der Waals surface area contributed by atoms with E-state index in [1.54, 1.807) is 23.1 Å². The molecule has 1 aromatic rings. The van der Waals surface area contributed by atoms with Crippen LogP contribution in [0.25, 0.3) is 0 Å². The molecule has 3 heterocycles. The largest absolute Gasteiger partial charge is 0.378 e. The predicted molar refractivity (Wildman–Crippen MR) is 108 cm³/mol. The number of morpholine rings is 1. The van der Waals surface area contributed by atoms with Gasteiger partial charge in [0, 0.05) is 38.3 Å². The van der Waals surface area contributed by atoms with Gasteiger partial charge in [0.1, 0.15) is 0 Å². The van der Waals surface area contributed by atoms with Gasteiger partial charge in [0.25, 0.3) is 5.91 Å². The standard InChI is InChI=1S/C20H27N3O5S/c1-29(26,27)23-8-6-15-13-16(4-5-18(15)23)19(24)22-7-2-3-17(14-22)20(25)21-9-11-28-12-10-21/h4-5,13,17H,2-3,6-12,14H2,1H3. The maximum absolute atomic E-state index is 13.1. The molecule has 9 heteroatoms. The first kappa shape index (κ1) is 20.2. The third kappa shape index (κ3) is 4.11. The second kappa shape index (κ2) is 7.95. The fourth-order valence-corrected chi connectivity index (χ4v) is 5.40. The van der Waals surface area contributed by atoms with E-state index < -0.39 is 10.0 Å². The zero-order chi connectivity index (χ0) is 20.6. The number of hydrogen-bond donors (Lipinski definition) is 0. The first-order valence-corrected chi connectivity index (χ1v) is 12.0. The lowest BCUT2D eigenvalue weighted by Gasteiger charge is -2.36. The van der Waals surface area contributed by atoms with Crippen molar-refractivity contribution >= 4 is 27.5 Å². The average Bonchev–Trinajstić information content (AvgIpc) is 3.17. The van der Waals surface area contributed by atoms with Gasteiger partial charge in [-0.25, -0.2) is 8.42 Å². The van der Waals surface area contributed by atoms with Gasteiger partial charge in [0.15, 0.2) is 0 Å². The molecule has 0 spiro atoms. The molecule has 1 atom stereocenters. The maximum Gasteiger partial charge on any atom is 0.253 e. The second-order valence-electron chi connectivity index (χ2n) is 7.96. The van der Waals surface area contributed by atoms with Crippen molar-refractivity contribution in [2.75, 3.05) is 56.5 Å². The number of carbonyl (C=O) groups is 2. The highest BCUT2D eigenvalue weighted by molar-refractivity contribution is 7.92. The maximum atomic E-state index is 13.1. The van der Waals surface area contributed by atoms with Gasteiger partial charge >= 0.3 is 0 Å². The Bertz CT molecular complexity index is 911. The topological polar surface area (TPSA) is 87.2 Å². The van der Waals surface area contributed by atoms with E-state index in [1.807, 2.05) is 4.90 Å². The Morgan fingerprint density at radius 2 is 1.83 bits per heavy atom. The number of nitrogens with zero attached hydrogens (tertiary/aromatic N) is 3. The SMILES string of the molecule is CS(=O)(=O)N1CCc2cc(C(=O)N3CCCC(C(=O)N4CCOCC4)C3)ccc21. The molecule has 2 saturated heterocycles. The number of amides is 2. The van der Waals surface area contributed by atoms with Crippen LogP contribution in [0.3, 0.4) is 0 Å². The van der Waals surface area contributed by atoms with Gasteiger partial charge in [0.2, 0.25) is 15.9 Å². The van der Waals surface area contributed by atoms with Gasteiger partial charge in [-0.05, 0) is 43.0 Å². The summed E-state index contributed by atoms with van der Waals surface area (Å²) in [4.78, 5) is 29.5. The molecule has 2 amide bonds.